The number of aromatic nitrogens is 2. The maximum atomic E-state index is 12.2. The molecule has 0 spiro atoms. The summed E-state index contributed by atoms with van der Waals surface area (Å²) in [5.74, 6) is 0.341. The predicted molar refractivity (Wildman–Crippen MR) is 172 cm³/mol. The zero-order chi connectivity index (χ0) is 32.6. The van der Waals surface area contributed by atoms with E-state index in [0.29, 0.717) is 25.3 Å². The SMILES string of the molecule is CCOC(=O)c1cccc(-c2cccc(CNc3ncc([N+](=O)[O-])c(NC[C@H]4CC[C@H](NC(=O)OC(C)(C)C)CC4)n3)c2C)c1. The van der Waals surface area contributed by atoms with Crippen LogP contribution in [0.3, 0.4) is 0 Å². The zero-order valence-corrected chi connectivity index (χ0v) is 26.5. The van der Waals surface area contributed by atoms with Gasteiger partial charge in [0.25, 0.3) is 0 Å². The van der Waals surface area contributed by atoms with Gasteiger partial charge in [0, 0.05) is 19.1 Å². The molecular formula is C33H42N6O6. The summed E-state index contributed by atoms with van der Waals surface area (Å²) in [5, 5.41) is 21.0. The van der Waals surface area contributed by atoms with Crippen molar-refractivity contribution >= 4 is 29.5 Å². The molecule has 0 saturated heterocycles. The summed E-state index contributed by atoms with van der Waals surface area (Å²) in [4.78, 5) is 44.2. The highest BCUT2D eigenvalue weighted by Gasteiger charge is 2.26. The second-order valence-corrected chi connectivity index (χ2v) is 12.2. The predicted octanol–water partition coefficient (Wildman–Crippen LogP) is 6.64. The number of hydrogen-bond donors (Lipinski definition) is 3. The maximum absolute atomic E-state index is 12.2. The molecule has 1 aliphatic rings. The zero-order valence-electron chi connectivity index (χ0n) is 26.5. The minimum Gasteiger partial charge on any atom is -0.462 e. The smallest absolute Gasteiger partial charge is 0.407 e. The Bertz CT molecular complexity index is 1510. The fraction of sp³-hybridized carbons (Fsp3) is 0.455. The van der Waals surface area contributed by atoms with Gasteiger partial charge in [0.15, 0.2) is 0 Å². The first-order chi connectivity index (χ1) is 21.4. The standard InChI is InChI=1S/C33H42N6O6/c1-6-44-30(40)24-10-7-9-23(17-24)27-12-8-11-25(21(27)2)19-35-31-36-20-28(39(42)43)29(38-31)34-18-22-13-15-26(16-14-22)37-32(41)45-33(3,4)5/h7-12,17,20,22,26H,6,13-16,18-19H2,1-5H3,(H,37,41)(H2,34,35,36,38)/t22-,26-. The number of carbonyl (C=O) groups is 2. The average molecular weight is 619 g/mol. The molecule has 1 fully saturated rings. The summed E-state index contributed by atoms with van der Waals surface area (Å²) >= 11 is 0. The van der Waals surface area contributed by atoms with Crippen LogP contribution in [0.4, 0.5) is 22.2 Å². The highest BCUT2D eigenvalue weighted by molar-refractivity contribution is 5.91. The summed E-state index contributed by atoms with van der Waals surface area (Å²) in [6.07, 6.45) is 4.12. The van der Waals surface area contributed by atoms with Gasteiger partial charge in [-0.3, -0.25) is 10.1 Å². The monoisotopic (exact) mass is 618 g/mol. The van der Waals surface area contributed by atoms with Crippen LogP contribution in [0.5, 0.6) is 0 Å². The Hall–Kier alpha value is -4.74. The molecule has 1 aromatic heterocycles. The first-order valence-electron chi connectivity index (χ1n) is 15.3. The summed E-state index contributed by atoms with van der Waals surface area (Å²) < 4.78 is 10.5. The van der Waals surface area contributed by atoms with Crippen LogP contribution in [-0.4, -0.2) is 51.7 Å². The van der Waals surface area contributed by atoms with Crippen LogP contribution in [0.1, 0.15) is 74.9 Å². The lowest BCUT2D eigenvalue weighted by Crippen LogP contribution is -2.41. The number of anilines is 2. The topological polar surface area (TPSA) is 158 Å². The van der Waals surface area contributed by atoms with Gasteiger partial charge in [0.2, 0.25) is 11.8 Å². The molecule has 0 aliphatic heterocycles. The first kappa shape index (κ1) is 33.2. The van der Waals surface area contributed by atoms with E-state index in [1.807, 2.05) is 64.1 Å². The molecule has 4 rings (SSSR count). The highest BCUT2D eigenvalue weighted by Crippen LogP contribution is 2.29. The minimum atomic E-state index is -0.548. The Morgan fingerprint density at radius 2 is 1.80 bits per heavy atom. The van der Waals surface area contributed by atoms with Gasteiger partial charge in [-0.15, -0.1) is 0 Å². The minimum absolute atomic E-state index is 0.0451. The number of alkyl carbamates (subject to hydrolysis) is 1. The highest BCUT2D eigenvalue weighted by atomic mass is 16.6. The van der Waals surface area contributed by atoms with Crippen molar-refractivity contribution in [2.24, 2.45) is 5.92 Å². The van der Waals surface area contributed by atoms with E-state index < -0.39 is 16.6 Å². The van der Waals surface area contributed by atoms with Crippen LogP contribution in [0.15, 0.2) is 48.7 Å². The first-order valence-corrected chi connectivity index (χ1v) is 15.3. The fourth-order valence-corrected chi connectivity index (χ4v) is 5.34. The van der Waals surface area contributed by atoms with E-state index in [1.54, 1.807) is 13.0 Å². The number of benzene rings is 2. The molecular weight excluding hydrogens is 576 g/mol. The largest absolute Gasteiger partial charge is 0.462 e. The van der Waals surface area contributed by atoms with Crippen molar-refractivity contribution in [2.75, 3.05) is 23.8 Å². The molecule has 0 atom stereocenters. The molecule has 0 bridgehead atoms. The molecule has 12 heteroatoms. The Morgan fingerprint density at radius 1 is 1.07 bits per heavy atom. The number of nitro groups is 1. The average Bonchev–Trinajstić information content (AvgIpc) is 2.99. The quantitative estimate of drug-likeness (QED) is 0.121. The Balaban J connectivity index is 1.38. The normalized spacial score (nSPS) is 16.4. The van der Waals surface area contributed by atoms with Crippen molar-refractivity contribution in [1.82, 2.24) is 15.3 Å². The second-order valence-electron chi connectivity index (χ2n) is 12.2. The second kappa shape index (κ2) is 14.8. The van der Waals surface area contributed by atoms with Gasteiger partial charge in [0.1, 0.15) is 11.8 Å². The van der Waals surface area contributed by atoms with Crippen LogP contribution in [0, 0.1) is 23.0 Å². The third-order valence-electron chi connectivity index (χ3n) is 7.66. The lowest BCUT2D eigenvalue weighted by molar-refractivity contribution is -0.384. The van der Waals surface area contributed by atoms with Crippen LogP contribution < -0.4 is 16.0 Å². The molecule has 0 radical (unpaired) electrons. The number of hydrogen-bond acceptors (Lipinski definition) is 10. The molecule has 3 N–H and O–H groups in total. The summed E-state index contributed by atoms with van der Waals surface area (Å²) in [6.45, 7) is 10.5. The van der Waals surface area contributed by atoms with Crippen LogP contribution in [-0.2, 0) is 16.0 Å². The molecule has 0 unspecified atom stereocenters. The number of nitrogens with zero attached hydrogens (tertiary/aromatic N) is 3. The van der Waals surface area contributed by atoms with E-state index in [9.17, 15) is 19.7 Å². The summed E-state index contributed by atoms with van der Waals surface area (Å²) in [6, 6.07) is 13.3. The van der Waals surface area contributed by atoms with Gasteiger partial charge in [0.05, 0.1) is 17.1 Å². The van der Waals surface area contributed by atoms with E-state index in [-0.39, 0.29) is 35.4 Å². The van der Waals surface area contributed by atoms with Crippen LogP contribution in [0.2, 0.25) is 0 Å². The van der Waals surface area contributed by atoms with Crippen LogP contribution in [0.25, 0.3) is 11.1 Å². The molecule has 2 aromatic carbocycles. The van der Waals surface area contributed by atoms with E-state index >= 15 is 0 Å². The molecule has 1 saturated carbocycles. The van der Waals surface area contributed by atoms with Gasteiger partial charge >= 0.3 is 17.7 Å². The fourth-order valence-electron chi connectivity index (χ4n) is 5.34. The molecule has 1 heterocycles. The number of amides is 1. The van der Waals surface area contributed by atoms with E-state index in [2.05, 4.69) is 25.9 Å². The van der Waals surface area contributed by atoms with Crippen molar-refractivity contribution < 1.29 is 24.0 Å². The maximum Gasteiger partial charge on any atom is 0.407 e. The van der Waals surface area contributed by atoms with E-state index in [1.165, 1.54) is 6.20 Å². The molecule has 240 valence electrons. The van der Waals surface area contributed by atoms with Crippen molar-refractivity contribution in [3.8, 4) is 11.1 Å². The van der Waals surface area contributed by atoms with Gasteiger partial charge in [-0.05, 0) is 101 Å². The van der Waals surface area contributed by atoms with Crippen molar-refractivity contribution in [2.45, 2.75) is 78.5 Å². The third kappa shape index (κ3) is 9.37. The number of ether oxygens (including phenoxy) is 2. The molecule has 45 heavy (non-hydrogen) atoms. The van der Waals surface area contributed by atoms with E-state index in [0.717, 1.165) is 47.9 Å². The number of carbonyl (C=O) groups excluding carboxylic acids is 2. The van der Waals surface area contributed by atoms with E-state index in [4.69, 9.17) is 9.47 Å². The Labute approximate surface area is 263 Å². The van der Waals surface area contributed by atoms with Crippen LogP contribution >= 0.6 is 0 Å². The molecule has 1 amide bonds. The lowest BCUT2D eigenvalue weighted by Gasteiger charge is -2.30. The van der Waals surface area contributed by atoms with Gasteiger partial charge in [-0.2, -0.15) is 4.98 Å². The number of rotatable bonds is 11. The van der Waals surface area contributed by atoms with Crippen molar-refractivity contribution in [3.05, 3.63) is 75.5 Å². The van der Waals surface area contributed by atoms with Gasteiger partial charge < -0.3 is 25.4 Å². The van der Waals surface area contributed by atoms with Crippen molar-refractivity contribution in [1.29, 1.82) is 0 Å². The van der Waals surface area contributed by atoms with Gasteiger partial charge in [-0.1, -0.05) is 30.3 Å². The summed E-state index contributed by atoms with van der Waals surface area (Å²) in [7, 11) is 0. The Morgan fingerprint density at radius 3 is 2.49 bits per heavy atom. The third-order valence-corrected chi connectivity index (χ3v) is 7.66. The molecule has 12 nitrogen and oxygen atoms in total. The number of nitrogens with one attached hydrogen (secondary N) is 3. The Kier molecular flexibility index (Phi) is 10.9. The molecule has 1 aliphatic carbocycles. The van der Waals surface area contributed by atoms with Crippen molar-refractivity contribution in [3.63, 3.8) is 0 Å². The summed E-state index contributed by atoms with van der Waals surface area (Å²) in [5.41, 5.74) is 3.62. The molecule has 3 aromatic rings. The number of esters is 1. The van der Waals surface area contributed by atoms with Gasteiger partial charge in [-0.25, -0.2) is 14.6 Å². The lowest BCUT2D eigenvalue weighted by atomic mass is 9.86.